The summed E-state index contributed by atoms with van der Waals surface area (Å²) in [4.78, 5) is 4.55. The van der Waals surface area contributed by atoms with Gasteiger partial charge >= 0.3 is 0 Å². The molecular weight excluding hydrogens is 294 g/mol. The molecule has 1 N–H and O–H groups in total. The molecule has 0 atom stereocenters. The number of hydrogen-bond donors (Lipinski definition) is 1. The third kappa shape index (κ3) is 1.91. The van der Waals surface area contributed by atoms with Gasteiger partial charge in [-0.25, -0.2) is 9.67 Å². The molecule has 3 rings (SSSR count). The highest BCUT2D eigenvalue weighted by Crippen LogP contribution is 2.20. The number of hydrogen-bond acceptors (Lipinski definition) is 3. The Hall–Kier alpha value is -1.72. The van der Waals surface area contributed by atoms with Crippen molar-refractivity contribution in [2.45, 2.75) is 6.61 Å². The molecule has 0 aliphatic carbocycles. The molecule has 0 aliphatic rings. The fourth-order valence-electron chi connectivity index (χ4n) is 1.88. The number of fused-ring (bicyclic) bond motifs is 1. The van der Waals surface area contributed by atoms with Gasteiger partial charge in [-0.1, -0.05) is 18.2 Å². The van der Waals surface area contributed by atoms with E-state index in [4.69, 9.17) is 0 Å². The summed E-state index contributed by atoms with van der Waals surface area (Å²) in [6.45, 7) is -0.0648. The van der Waals surface area contributed by atoms with Crippen LogP contribution in [0.3, 0.4) is 0 Å². The summed E-state index contributed by atoms with van der Waals surface area (Å²) in [6, 6.07) is 9.75. The predicted octanol–water partition coefficient (Wildman–Crippen LogP) is 2.68. The van der Waals surface area contributed by atoms with Crippen molar-refractivity contribution in [1.82, 2.24) is 14.8 Å². The minimum atomic E-state index is -0.0648. The van der Waals surface area contributed by atoms with Crippen LogP contribution >= 0.6 is 15.9 Å². The lowest BCUT2D eigenvalue weighted by Crippen LogP contribution is -2.03. The highest BCUT2D eigenvalue weighted by atomic mass is 79.9. The van der Waals surface area contributed by atoms with Crippen molar-refractivity contribution in [3.63, 3.8) is 0 Å². The molecule has 0 saturated carbocycles. The number of para-hydroxylation sites is 1. The summed E-state index contributed by atoms with van der Waals surface area (Å²) in [7, 11) is 0. The quantitative estimate of drug-likeness (QED) is 0.792. The van der Waals surface area contributed by atoms with Crippen LogP contribution < -0.4 is 0 Å². The second kappa shape index (κ2) is 4.51. The number of halogens is 1. The van der Waals surface area contributed by atoms with Crippen LogP contribution in [-0.2, 0) is 6.61 Å². The molecule has 0 aliphatic heterocycles. The van der Waals surface area contributed by atoms with Gasteiger partial charge in [0.25, 0.3) is 0 Å². The first-order valence-electron chi connectivity index (χ1n) is 5.48. The number of pyridine rings is 1. The minimum Gasteiger partial charge on any atom is -0.392 e. The van der Waals surface area contributed by atoms with Crippen LogP contribution in [-0.4, -0.2) is 19.9 Å². The molecule has 2 heterocycles. The van der Waals surface area contributed by atoms with Gasteiger partial charge in [0.2, 0.25) is 0 Å². The lowest BCUT2D eigenvalue weighted by molar-refractivity contribution is 0.281. The lowest BCUT2D eigenvalue weighted by Gasteiger charge is -2.08. The monoisotopic (exact) mass is 303 g/mol. The number of aliphatic hydroxyl groups excluding tert-OH is 1. The molecular formula is C13H10BrN3O. The smallest absolute Gasteiger partial charge is 0.159 e. The van der Waals surface area contributed by atoms with Crippen molar-refractivity contribution in [2.24, 2.45) is 0 Å². The zero-order chi connectivity index (χ0) is 12.5. The van der Waals surface area contributed by atoms with Crippen LogP contribution in [0.15, 0.2) is 47.2 Å². The van der Waals surface area contributed by atoms with E-state index in [-0.39, 0.29) is 6.61 Å². The van der Waals surface area contributed by atoms with E-state index in [1.54, 1.807) is 10.9 Å². The van der Waals surface area contributed by atoms with Crippen molar-refractivity contribution in [2.75, 3.05) is 0 Å². The number of aromatic nitrogens is 3. The first-order valence-corrected chi connectivity index (χ1v) is 6.27. The van der Waals surface area contributed by atoms with Gasteiger partial charge in [0, 0.05) is 17.1 Å². The summed E-state index contributed by atoms with van der Waals surface area (Å²) >= 11 is 3.35. The van der Waals surface area contributed by atoms with E-state index in [9.17, 15) is 5.11 Å². The number of nitrogens with zero attached hydrogens (tertiary/aromatic N) is 3. The second-order valence-corrected chi connectivity index (χ2v) is 4.84. The molecule has 90 valence electrons. The highest BCUT2D eigenvalue weighted by molar-refractivity contribution is 9.10. The Morgan fingerprint density at radius 1 is 1.28 bits per heavy atom. The summed E-state index contributed by atoms with van der Waals surface area (Å²) in [5.74, 6) is 0.655. The molecule has 1 aromatic carbocycles. The third-order valence-corrected chi connectivity index (χ3v) is 3.13. The minimum absolute atomic E-state index is 0.0648. The molecule has 18 heavy (non-hydrogen) atoms. The maximum Gasteiger partial charge on any atom is 0.159 e. The Morgan fingerprint density at radius 2 is 2.11 bits per heavy atom. The van der Waals surface area contributed by atoms with Crippen LogP contribution in [0.5, 0.6) is 0 Å². The Kier molecular flexibility index (Phi) is 2.85. The van der Waals surface area contributed by atoms with Crippen molar-refractivity contribution in [3.8, 4) is 5.82 Å². The Morgan fingerprint density at radius 3 is 2.83 bits per heavy atom. The molecule has 3 aromatic rings. The van der Waals surface area contributed by atoms with Gasteiger partial charge in [-0.15, -0.1) is 0 Å². The summed E-state index contributed by atoms with van der Waals surface area (Å²) in [5.41, 5.74) is 1.64. The van der Waals surface area contributed by atoms with E-state index in [1.165, 1.54) is 0 Å². The summed E-state index contributed by atoms with van der Waals surface area (Å²) < 4.78 is 2.53. The molecule has 0 spiro atoms. The Balaban J connectivity index is 2.26. The van der Waals surface area contributed by atoms with E-state index in [0.717, 1.165) is 20.9 Å². The number of aliphatic hydroxyl groups is 1. The SMILES string of the molecule is OCc1cc2ccccc2nc1-n1cc(Br)cn1. The molecule has 0 saturated heterocycles. The first kappa shape index (κ1) is 11.4. The molecule has 5 heteroatoms. The van der Waals surface area contributed by atoms with E-state index in [0.29, 0.717) is 5.82 Å². The molecule has 0 radical (unpaired) electrons. The molecule has 0 unspecified atom stereocenters. The van der Waals surface area contributed by atoms with Gasteiger partial charge in [-0.3, -0.25) is 0 Å². The van der Waals surface area contributed by atoms with Crippen LogP contribution in [0.1, 0.15) is 5.56 Å². The van der Waals surface area contributed by atoms with Crippen LogP contribution in [0.2, 0.25) is 0 Å². The Bertz CT molecular complexity index is 708. The highest BCUT2D eigenvalue weighted by Gasteiger charge is 2.09. The van der Waals surface area contributed by atoms with Gasteiger partial charge in [0.1, 0.15) is 0 Å². The lowest BCUT2D eigenvalue weighted by atomic mass is 10.1. The summed E-state index contributed by atoms with van der Waals surface area (Å²) in [5, 5.41) is 14.7. The van der Waals surface area contributed by atoms with Gasteiger partial charge in [-0.05, 0) is 28.1 Å². The van der Waals surface area contributed by atoms with E-state index in [1.807, 2.05) is 36.5 Å². The normalized spacial score (nSPS) is 11.0. The maximum absolute atomic E-state index is 9.45. The maximum atomic E-state index is 9.45. The topological polar surface area (TPSA) is 50.9 Å². The van der Waals surface area contributed by atoms with E-state index in [2.05, 4.69) is 26.0 Å². The molecule has 0 bridgehead atoms. The Labute approximate surface area is 112 Å². The number of rotatable bonds is 2. The van der Waals surface area contributed by atoms with Crippen molar-refractivity contribution >= 4 is 26.8 Å². The zero-order valence-corrected chi connectivity index (χ0v) is 11.0. The second-order valence-electron chi connectivity index (χ2n) is 3.93. The van der Waals surface area contributed by atoms with Crippen molar-refractivity contribution in [1.29, 1.82) is 0 Å². The predicted molar refractivity (Wildman–Crippen MR) is 72.5 cm³/mol. The summed E-state index contributed by atoms with van der Waals surface area (Å²) in [6.07, 6.45) is 3.51. The van der Waals surface area contributed by atoms with Gasteiger partial charge in [0.15, 0.2) is 5.82 Å². The zero-order valence-electron chi connectivity index (χ0n) is 9.42. The standard InChI is InChI=1S/C13H10BrN3O/c14-11-6-15-17(7-11)13-10(8-18)5-9-3-1-2-4-12(9)16-13/h1-7,18H,8H2. The first-order chi connectivity index (χ1) is 8.78. The van der Waals surface area contributed by atoms with Gasteiger partial charge < -0.3 is 5.11 Å². The molecule has 0 amide bonds. The van der Waals surface area contributed by atoms with Crippen LogP contribution in [0.25, 0.3) is 16.7 Å². The van der Waals surface area contributed by atoms with E-state index >= 15 is 0 Å². The molecule has 0 fully saturated rings. The third-order valence-electron chi connectivity index (χ3n) is 2.72. The average molecular weight is 304 g/mol. The average Bonchev–Trinajstić information content (AvgIpc) is 2.83. The van der Waals surface area contributed by atoms with E-state index < -0.39 is 0 Å². The fraction of sp³-hybridized carbons (Fsp3) is 0.0769. The fourth-order valence-corrected chi connectivity index (χ4v) is 2.17. The van der Waals surface area contributed by atoms with Gasteiger partial charge in [0.05, 0.1) is 22.8 Å². The molecule has 4 nitrogen and oxygen atoms in total. The van der Waals surface area contributed by atoms with Crippen LogP contribution in [0, 0.1) is 0 Å². The van der Waals surface area contributed by atoms with Crippen LogP contribution in [0.4, 0.5) is 0 Å². The number of benzene rings is 1. The van der Waals surface area contributed by atoms with Gasteiger partial charge in [-0.2, -0.15) is 5.10 Å². The van der Waals surface area contributed by atoms with Crippen molar-refractivity contribution in [3.05, 3.63) is 52.8 Å². The van der Waals surface area contributed by atoms with Crippen molar-refractivity contribution < 1.29 is 5.11 Å². The molecule has 2 aromatic heterocycles. The largest absolute Gasteiger partial charge is 0.392 e.